The summed E-state index contributed by atoms with van der Waals surface area (Å²) in [4.78, 5) is 18.7. The Morgan fingerprint density at radius 1 is 1.47 bits per heavy atom. The normalized spacial score (nSPS) is 11.3. The van der Waals surface area contributed by atoms with Crippen molar-refractivity contribution < 1.29 is 9.90 Å². The molecule has 0 aliphatic heterocycles. The summed E-state index contributed by atoms with van der Waals surface area (Å²) in [6, 6.07) is 0. The molecule has 2 rings (SSSR count). The van der Waals surface area contributed by atoms with Gasteiger partial charge in [-0.2, -0.15) is 0 Å². The molecule has 76 valence electrons. The van der Waals surface area contributed by atoms with Gasteiger partial charge < -0.3 is 9.67 Å². The molecular formula is C10H9N3O2. The molecule has 0 radical (unpaired) electrons. The van der Waals surface area contributed by atoms with Crippen LogP contribution in [0.4, 0.5) is 0 Å². The van der Waals surface area contributed by atoms with E-state index in [0.717, 1.165) is 17.3 Å². The Kier molecular flexibility index (Phi) is 2.21. The third-order valence-corrected chi connectivity index (χ3v) is 2.02. The van der Waals surface area contributed by atoms with Crippen LogP contribution in [0.3, 0.4) is 0 Å². The van der Waals surface area contributed by atoms with Gasteiger partial charge >= 0.3 is 5.97 Å². The Bertz CT molecular complexity index is 543. The summed E-state index contributed by atoms with van der Waals surface area (Å²) >= 11 is 0. The SMILES string of the molecule is Cn1cc(C=CC(=O)O)c2nccnc21. The van der Waals surface area contributed by atoms with Gasteiger partial charge in [0.15, 0.2) is 5.65 Å². The van der Waals surface area contributed by atoms with Gasteiger partial charge in [-0.1, -0.05) is 0 Å². The van der Waals surface area contributed by atoms with E-state index in [2.05, 4.69) is 9.97 Å². The molecule has 0 aliphatic carbocycles. The molecule has 0 aliphatic rings. The molecule has 0 fully saturated rings. The highest BCUT2D eigenvalue weighted by atomic mass is 16.4. The lowest BCUT2D eigenvalue weighted by molar-refractivity contribution is -0.131. The molecule has 1 N–H and O–H groups in total. The lowest BCUT2D eigenvalue weighted by Gasteiger charge is -1.90. The van der Waals surface area contributed by atoms with Crippen LogP contribution in [0, 0.1) is 0 Å². The van der Waals surface area contributed by atoms with Crippen LogP contribution < -0.4 is 0 Å². The predicted octanol–water partition coefficient (Wildman–Crippen LogP) is 1.07. The molecule has 5 nitrogen and oxygen atoms in total. The van der Waals surface area contributed by atoms with Gasteiger partial charge in [-0.25, -0.2) is 9.78 Å². The number of rotatable bonds is 2. The summed E-state index contributed by atoms with van der Waals surface area (Å²) in [5.74, 6) is -0.976. The number of aryl methyl sites for hydroxylation is 1. The summed E-state index contributed by atoms with van der Waals surface area (Å²) in [7, 11) is 1.84. The molecule has 5 heteroatoms. The molecule has 0 unspecified atom stereocenters. The molecule has 0 atom stereocenters. The summed E-state index contributed by atoms with van der Waals surface area (Å²) < 4.78 is 1.81. The topological polar surface area (TPSA) is 68.0 Å². The molecule has 2 aromatic rings. The van der Waals surface area contributed by atoms with Crippen LogP contribution in [0.2, 0.25) is 0 Å². The Balaban J connectivity index is 2.57. The van der Waals surface area contributed by atoms with Gasteiger partial charge in [-0.15, -0.1) is 0 Å². The first kappa shape index (κ1) is 9.39. The Hall–Kier alpha value is -2.17. The fraction of sp³-hybridized carbons (Fsp3) is 0.100. The zero-order valence-electron chi connectivity index (χ0n) is 8.08. The average Bonchev–Trinajstić information content (AvgIpc) is 2.54. The van der Waals surface area contributed by atoms with E-state index in [9.17, 15) is 4.79 Å². The van der Waals surface area contributed by atoms with Gasteiger partial charge in [-0.05, 0) is 6.08 Å². The maximum absolute atomic E-state index is 10.4. The van der Waals surface area contributed by atoms with Crippen molar-refractivity contribution in [1.82, 2.24) is 14.5 Å². The minimum atomic E-state index is -0.976. The maximum atomic E-state index is 10.4. The molecule has 0 aromatic carbocycles. The monoisotopic (exact) mass is 203 g/mol. The molecule has 0 spiro atoms. The smallest absolute Gasteiger partial charge is 0.328 e. The first-order valence-corrected chi connectivity index (χ1v) is 4.35. The van der Waals surface area contributed by atoms with E-state index in [1.54, 1.807) is 18.6 Å². The number of hydrogen-bond acceptors (Lipinski definition) is 3. The summed E-state index contributed by atoms with van der Waals surface area (Å²) in [5, 5.41) is 8.52. The van der Waals surface area contributed by atoms with Crippen molar-refractivity contribution in [3.05, 3.63) is 30.2 Å². The zero-order chi connectivity index (χ0) is 10.8. The molecule has 2 heterocycles. The first-order valence-electron chi connectivity index (χ1n) is 4.35. The third-order valence-electron chi connectivity index (χ3n) is 2.02. The van der Waals surface area contributed by atoms with Gasteiger partial charge in [0.25, 0.3) is 0 Å². The fourth-order valence-electron chi connectivity index (χ4n) is 1.41. The minimum Gasteiger partial charge on any atom is -0.478 e. The number of fused-ring (bicyclic) bond motifs is 1. The predicted molar refractivity (Wildman–Crippen MR) is 55.2 cm³/mol. The van der Waals surface area contributed by atoms with Crippen molar-refractivity contribution in [2.24, 2.45) is 7.05 Å². The molecule has 15 heavy (non-hydrogen) atoms. The van der Waals surface area contributed by atoms with Crippen LogP contribution in [0.5, 0.6) is 0 Å². The number of aliphatic carboxylic acids is 1. The van der Waals surface area contributed by atoms with Crippen molar-refractivity contribution in [2.75, 3.05) is 0 Å². The molecule has 2 aromatic heterocycles. The van der Waals surface area contributed by atoms with E-state index < -0.39 is 5.97 Å². The molecule has 0 saturated carbocycles. The standard InChI is InChI=1S/C10H9N3O2/c1-13-6-7(2-3-8(14)15)9-10(13)12-5-4-11-9/h2-6H,1H3,(H,14,15). The Morgan fingerprint density at radius 2 is 2.20 bits per heavy atom. The van der Waals surface area contributed by atoms with Gasteiger partial charge in [0.1, 0.15) is 5.52 Å². The second kappa shape index (κ2) is 3.53. The second-order valence-electron chi connectivity index (χ2n) is 3.10. The highest BCUT2D eigenvalue weighted by molar-refractivity contribution is 5.90. The highest BCUT2D eigenvalue weighted by Gasteiger charge is 2.05. The summed E-state index contributed by atoms with van der Waals surface area (Å²) in [6.45, 7) is 0. The number of nitrogens with zero attached hydrogens (tertiary/aromatic N) is 3. The van der Waals surface area contributed by atoms with Crippen LogP contribution in [0.15, 0.2) is 24.7 Å². The highest BCUT2D eigenvalue weighted by Crippen LogP contribution is 2.16. The van der Waals surface area contributed by atoms with Crippen molar-refractivity contribution in [3.63, 3.8) is 0 Å². The molecule has 0 bridgehead atoms. The van der Waals surface area contributed by atoms with Gasteiger partial charge in [0.2, 0.25) is 0 Å². The third kappa shape index (κ3) is 1.71. The van der Waals surface area contributed by atoms with Crippen molar-refractivity contribution in [2.45, 2.75) is 0 Å². The number of carbonyl (C=O) groups is 1. The fourth-order valence-corrected chi connectivity index (χ4v) is 1.41. The molecular weight excluding hydrogens is 194 g/mol. The van der Waals surface area contributed by atoms with Crippen LogP contribution in [0.1, 0.15) is 5.56 Å². The number of hydrogen-bond donors (Lipinski definition) is 1. The van der Waals surface area contributed by atoms with Crippen molar-refractivity contribution in [3.8, 4) is 0 Å². The number of aromatic nitrogens is 3. The summed E-state index contributed by atoms with van der Waals surface area (Å²) in [6.07, 6.45) is 7.58. The quantitative estimate of drug-likeness (QED) is 0.741. The van der Waals surface area contributed by atoms with Crippen LogP contribution in [-0.4, -0.2) is 25.6 Å². The maximum Gasteiger partial charge on any atom is 0.328 e. The van der Waals surface area contributed by atoms with Crippen molar-refractivity contribution in [1.29, 1.82) is 0 Å². The van der Waals surface area contributed by atoms with Crippen molar-refractivity contribution >= 4 is 23.2 Å². The lowest BCUT2D eigenvalue weighted by atomic mass is 10.3. The zero-order valence-corrected chi connectivity index (χ0v) is 8.08. The second-order valence-corrected chi connectivity index (χ2v) is 3.10. The number of carboxylic acids is 1. The lowest BCUT2D eigenvalue weighted by Crippen LogP contribution is -1.87. The molecule has 0 amide bonds. The Labute approximate surface area is 85.7 Å². The van der Waals surface area contributed by atoms with E-state index in [-0.39, 0.29) is 0 Å². The minimum absolute atomic E-state index is 0.706. The largest absolute Gasteiger partial charge is 0.478 e. The van der Waals surface area contributed by atoms with Crippen LogP contribution >= 0.6 is 0 Å². The van der Waals surface area contributed by atoms with E-state index in [1.165, 1.54) is 6.08 Å². The van der Waals surface area contributed by atoms with E-state index in [0.29, 0.717) is 5.52 Å². The van der Waals surface area contributed by atoms with E-state index in [1.807, 2.05) is 11.6 Å². The summed E-state index contributed by atoms with van der Waals surface area (Å²) in [5.41, 5.74) is 2.20. The van der Waals surface area contributed by atoms with Crippen LogP contribution in [-0.2, 0) is 11.8 Å². The van der Waals surface area contributed by atoms with E-state index >= 15 is 0 Å². The first-order chi connectivity index (χ1) is 7.18. The Morgan fingerprint density at radius 3 is 2.93 bits per heavy atom. The van der Waals surface area contributed by atoms with E-state index in [4.69, 9.17) is 5.11 Å². The molecule has 0 saturated heterocycles. The van der Waals surface area contributed by atoms with Gasteiger partial charge in [0.05, 0.1) is 0 Å². The van der Waals surface area contributed by atoms with Gasteiger partial charge in [-0.3, -0.25) is 4.98 Å². The van der Waals surface area contributed by atoms with Crippen LogP contribution in [0.25, 0.3) is 17.2 Å². The van der Waals surface area contributed by atoms with Gasteiger partial charge in [0, 0.05) is 37.3 Å². The number of carboxylic acid groups (broad SMARTS) is 1. The average molecular weight is 203 g/mol.